The van der Waals surface area contributed by atoms with Crippen LogP contribution in [0.1, 0.15) is 16.7 Å². The molecule has 5 aromatic rings. The van der Waals surface area contributed by atoms with Crippen LogP contribution in [0.4, 0.5) is 0 Å². The lowest BCUT2D eigenvalue weighted by molar-refractivity contribution is 0.354. The minimum absolute atomic E-state index is 0.660. The molecule has 224 valence electrons. The van der Waals surface area contributed by atoms with Gasteiger partial charge in [0.15, 0.2) is 23.0 Å². The molecule has 0 aliphatic carbocycles. The van der Waals surface area contributed by atoms with Crippen molar-refractivity contribution in [1.82, 2.24) is 4.90 Å². The summed E-state index contributed by atoms with van der Waals surface area (Å²) in [5.74, 6) is 3.64. The predicted octanol–water partition coefficient (Wildman–Crippen LogP) is 8.30. The van der Waals surface area contributed by atoms with E-state index in [4.69, 9.17) is 23.9 Å². The fourth-order valence-corrected chi connectivity index (χ4v) is 6.29. The van der Waals surface area contributed by atoms with E-state index in [0.717, 1.165) is 68.1 Å². The number of fused-ring (bicyclic) bond motifs is 3. The first-order valence-electron chi connectivity index (χ1n) is 14.9. The molecule has 0 unspecified atom stereocenters. The largest absolute Gasteiger partial charge is 0.493 e. The maximum Gasteiger partial charge on any atom is 0.168 e. The summed E-state index contributed by atoms with van der Waals surface area (Å²) in [6, 6.07) is 35.9. The SMILES string of the molecule is COc1cc2c(cc1OC)C1=NCCN1C(c1cc(OC)c(OC)c(-c3cc(-c4ccccc4)cc(-c4ccccc4)c3)c1)=C2. The standard InChI is InChI=1S/C39H34N2O4/c1-42-35-22-30-21-34(41-16-15-40-39(41)33(30)24-36(35)43-2)31-20-32(38(45-4)37(23-31)44-3)29-18-27(25-11-7-5-8-12-25)17-28(19-29)26-13-9-6-10-14-26/h5-14,17-24H,15-16H2,1-4H3. The Morgan fingerprint density at radius 3 is 1.73 bits per heavy atom. The number of hydrogen-bond acceptors (Lipinski definition) is 6. The van der Waals surface area contributed by atoms with Crippen LogP contribution < -0.4 is 18.9 Å². The zero-order valence-corrected chi connectivity index (χ0v) is 25.8. The Labute approximate surface area is 263 Å². The van der Waals surface area contributed by atoms with Crippen LogP contribution in [0, 0.1) is 0 Å². The Balaban J connectivity index is 1.45. The molecule has 0 fully saturated rings. The Morgan fingerprint density at radius 2 is 1.13 bits per heavy atom. The number of aliphatic imine (C=N–C) groups is 1. The van der Waals surface area contributed by atoms with Gasteiger partial charge in [0.1, 0.15) is 5.84 Å². The smallest absolute Gasteiger partial charge is 0.168 e. The number of rotatable bonds is 8. The molecular weight excluding hydrogens is 560 g/mol. The van der Waals surface area contributed by atoms with Gasteiger partial charge in [0.05, 0.1) is 40.7 Å². The van der Waals surface area contributed by atoms with E-state index in [1.54, 1.807) is 28.4 Å². The van der Waals surface area contributed by atoms with Gasteiger partial charge in [-0.25, -0.2) is 0 Å². The van der Waals surface area contributed by atoms with Crippen LogP contribution in [0.15, 0.2) is 108 Å². The van der Waals surface area contributed by atoms with Crippen molar-refractivity contribution < 1.29 is 18.9 Å². The first-order valence-corrected chi connectivity index (χ1v) is 14.9. The molecule has 0 saturated heterocycles. The molecule has 0 radical (unpaired) electrons. The molecule has 0 saturated carbocycles. The Hall–Kier alpha value is -5.49. The predicted molar refractivity (Wildman–Crippen MR) is 181 cm³/mol. The van der Waals surface area contributed by atoms with Crippen LogP contribution in [0.25, 0.3) is 45.2 Å². The molecule has 2 aliphatic rings. The van der Waals surface area contributed by atoms with Crippen molar-refractivity contribution in [3.63, 3.8) is 0 Å². The van der Waals surface area contributed by atoms with Crippen LogP contribution in [-0.2, 0) is 0 Å². The molecule has 0 atom stereocenters. The van der Waals surface area contributed by atoms with Crippen molar-refractivity contribution in [2.75, 3.05) is 41.5 Å². The fourth-order valence-electron chi connectivity index (χ4n) is 6.29. The fraction of sp³-hybridized carbons (Fsp3) is 0.154. The minimum Gasteiger partial charge on any atom is -0.493 e. The molecule has 2 heterocycles. The molecule has 5 aromatic carbocycles. The summed E-state index contributed by atoms with van der Waals surface area (Å²) in [7, 11) is 6.70. The highest BCUT2D eigenvalue weighted by atomic mass is 16.5. The second kappa shape index (κ2) is 11.9. The van der Waals surface area contributed by atoms with Gasteiger partial charge in [-0.05, 0) is 81.9 Å². The van der Waals surface area contributed by atoms with E-state index in [9.17, 15) is 0 Å². The molecule has 0 N–H and O–H groups in total. The third-order valence-corrected chi connectivity index (χ3v) is 8.45. The highest BCUT2D eigenvalue weighted by molar-refractivity contribution is 6.13. The van der Waals surface area contributed by atoms with Crippen LogP contribution >= 0.6 is 0 Å². The van der Waals surface area contributed by atoms with Gasteiger partial charge in [0.2, 0.25) is 0 Å². The third kappa shape index (κ3) is 5.08. The summed E-state index contributed by atoms with van der Waals surface area (Å²) in [5.41, 5.74) is 10.6. The molecule has 0 amide bonds. The topological polar surface area (TPSA) is 52.5 Å². The van der Waals surface area contributed by atoms with Gasteiger partial charge in [0.25, 0.3) is 0 Å². The van der Waals surface area contributed by atoms with Gasteiger partial charge < -0.3 is 23.8 Å². The Morgan fingerprint density at radius 1 is 0.533 bits per heavy atom. The molecular formula is C39H34N2O4. The first kappa shape index (κ1) is 28.3. The lowest BCUT2D eigenvalue weighted by Gasteiger charge is -2.30. The van der Waals surface area contributed by atoms with E-state index < -0.39 is 0 Å². The van der Waals surface area contributed by atoms with E-state index in [1.807, 2.05) is 24.3 Å². The highest BCUT2D eigenvalue weighted by Gasteiger charge is 2.31. The summed E-state index contributed by atoms with van der Waals surface area (Å²) in [4.78, 5) is 7.18. The summed E-state index contributed by atoms with van der Waals surface area (Å²) in [6.45, 7) is 1.49. The number of ether oxygens (including phenoxy) is 4. The molecule has 7 rings (SSSR count). The van der Waals surface area contributed by atoms with Crippen molar-refractivity contribution in [2.45, 2.75) is 0 Å². The van der Waals surface area contributed by atoms with E-state index in [2.05, 4.69) is 89.8 Å². The summed E-state index contributed by atoms with van der Waals surface area (Å²) in [5, 5.41) is 0. The van der Waals surface area contributed by atoms with Gasteiger partial charge in [-0.3, -0.25) is 4.99 Å². The van der Waals surface area contributed by atoms with Crippen molar-refractivity contribution in [1.29, 1.82) is 0 Å². The lowest BCUT2D eigenvalue weighted by atomic mass is 9.91. The monoisotopic (exact) mass is 594 g/mol. The van der Waals surface area contributed by atoms with E-state index >= 15 is 0 Å². The highest BCUT2D eigenvalue weighted by Crippen LogP contribution is 2.46. The van der Waals surface area contributed by atoms with Crippen molar-refractivity contribution in [2.24, 2.45) is 4.99 Å². The quantitative estimate of drug-likeness (QED) is 0.181. The van der Waals surface area contributed by atoms with Gasteiger partial charge >= 0.3 is 0 Å². The molecule has 2 aliphatic heterocycles. The molecule has 6 heteroatoms. The molecule has 0 bridgehead atoms. The van der Waals surface area contributed by atoms with Gasteiger partial charge in [-0.2, -0.15) is 0 Å². The number of hydrogen-bond donors (Lipinski definition) is 0. The average Bonchev–Trinajstić information content (AvgIpc) is 3.61. The second-order valence-corrected chi connectivity index (χ2v) is 11.0. The van der Waals surface area contributed by atoms with Crippen molar-refractivity contribution in [3.05, 3.63) is 120 Å². The normalized spacial score (nSPS) is 13.4. The number of amidine groups is 1. The maximum absolute atomic E-state index is 6.04. The van der Waals surface area contributed by atoms with E-state index in [0.29, 0.717) is 29.5 Å². The molecule has 0 spiro atoms. The van der Waals surface area contributed by atoms with Crippen LogP contribution in [-0.4, -0.2) is 52.3 Å². The van der Waals surface area contributed by atoms with E-state index in [1.165, 1.54) is 0 Å². The number of methoxy groups -OCH3 is 4. The lowest BCUT2D eigenvalue weighted by Crippen LogP contribution is -2.30. The maximum atomic E-state index is 6.04. The summed E-state index contributed by atoms with van der Waals surface area (Å²) >= 11 is 0. The average molecular weight is 595 g/mol. The van der Waals surface area contributed by atoms with Crippen molar-refractivity contribution >= 4 is 17.6 Å². The van der Waals surface area contributed by atoms with Crippen LogP contribution in [0.3, 0.4) is 0 Å². The second-order valence-electron chi connectivity index (χ2n) is 11.0. The van der Waals surface area contributed by atoms with Gasteiger partial charge in [-0.1, -0.05) is 60.7 Å². The zero-order valence-electron chi connectivity index (χ0n) is 25.8. The molecule has 6 nitrogen and oxygen atoms in total. The zero-order chi connectivity index (χ0) is 30.9. The summed E-state index contributed by atoms with van der Waals surface area (Å²) in [6.07, 6.45) is 2.20. The number of benzene rings is 5. The molecule has 45 heavy (non-hydrogen) atoms. The Bertz CT molecular complexity index is 1890. The summed E-state index contributed by atoms with van der Waals surface area (Å²) < 4.78 is 23.3. The van der Waals surface area contributed by atoms with Crippen molar-refractivity contribution in [3.8, 4) is 56.4 Å². The first-order chi connectivity index (χ1) is 22.1. The number of nitrogens with zero attached hydrogens (tertiary/aromatic N) is 2. The van der Waals surface area contributed by atoms with Gasteiger partial charge in [-0.15, -0.1) is 0 Å². The third-order valence-electron chi connectivity index (χ3n) is 8.45. The minimum atomic E-state index is 0.660. The Kier molecular flexibility index (Phi) is 7.47. The molecule has 0 aromatic heterocycles. The van der Waals surface area contributed by atoms with E-state index in [-0.39, 0.29) is 0 Å². The van der Waals surface area contributed by atoms with Crippen LogP contribution in [0.5, 0.6) is 23.0 Å². The van der Waals surface area contributed by atoms with Crippen LogP contribution in [0.2, 0.25) is 0 Å². The van der Waals surface area contributed by atoms with Gasteiger partial charge in [0, 0.05) is 23.2 Å².